The number of nitrogens with zero attached hydrogens (tertiary/aromatic N) is 3. The van der Waals surface area contributed by atoms with Crippen LogP contribution in [0.5, 0.6) is 0 Å². The van der Waals surface area contributed by atoms with Gasteiger partial charge in [-0.15, -0.1) is 0 Å². The highest BCUT2D eigenvalue weighted by atomic mass is 15.2. The van der Waals surface area contributed by atoms with Gasteiger partial charge in [-0.05, 0) is 12.8 Å². The number of hydrogen-bond acceptors (Lipinski definition) is 5. The lowest BCUT2D eigenvalue weighted by atomic mass is 10.2. The highest BCUT2D eigenvalue weighted by Gasteiger charge is 2.08. The zero-order valence-corrected chi connectivity index (χ0v) is 12.4. The van der Waals surface area contributed by atoms with Crippen LogP contribution in [0.3, 0.4) is 0 Å². The van der Waals surface area contributed by atoms with E-state index in [1.807, 2.05) is 0 Å². The molecule has 0 aliphatic carbocycles. The fraction of sp³-hybridized carbons (Fsp3) is 0.643. The average Bonchev–Trinajstić information content (AvgIpc) is 2.93. The summed E-state index contributed by atoms with van der Waals surface area (Å²) in [6.07, 6.45) is 7.77. The van der Waals surface area contributed by atoms with Crippen molar-refractivity contribution < 1.29 is 0 Å². The molecule has 0 radical (unpaired) electrons. The van der Waals surface area contributed by atoms with Crippen LogP contribution in [0.25, 0.3) is 11.0 Å². The van der Waals surface area contributed by atoms with Crippen molar-refractivity contribution >= 4 is 22.8 Å². The Morgan fingerprint density at radius 1 is 1.00 bits per heavy atom. The van der Waals surface area contributed by atoms with Gasteiger partial charge in [-0.25, -0.2) is 0 Å². The van der Waals surface area contributed by atoms with E-state index >= 15 is 0 Å². The summed E-state index contributed by atoms with van der Waals surface area (Å²) < 4.78 is 0. The summed E-state index contributed by atoms with van der Waals surface area (Å²) in [6.45, 7) is 6.15. The van der Waals surface area contributed by atoms with Crippen molar-refractivity contribution in [2.45, 2.75) is 46.0 Å². The van der Waals surface area contributed by atoms with Gasteiger partial charge in [0.1, 0.15) is 5.82 Å². The predicted octanol–water partition coefficient (Wildman–Crippen LogP) is 3.17. The largest absolute Gasteiger partial charge is 0.369 e. The minimum atomic E-state index is 0.652. The smallest absolute Gasteiger partial charge is 0.226 e. The van der Waals surface area contributed by atoms with E-state index in [-0.39, 0.29) is 0 Å². The number of aromatic nitrogens is 4. The molecule has 0 saturated carbocycles. The van der Waals surface area contributed by atoms with E-state index in [9.17, 15) is 0 Å². The van der Waals surface area contributed by atoms with Gasteiger partial charge in [0, 0.05) is 13.1 Å². The zero-order valence-electron chi connectivity index (χ0n) is 12.4. The van der Waals surface area contributed by atoms with Gasteiger partial charge in [-0.3, -0.25) is 5.10 Å². The maximum Gasteiger partial charge on any atom is 0.226 e. The number of aromatic amines is 1. The van der Waals surface area contributed by atoms with Crippen LogP contribution in [0.4, 0.5) is 11.8 Å². The van der Waals surface area contributed by atoms with E-state index in [2.05, 4.69) is 44.6 Å². The molecule has 0 aromatic carbocycles. The molecule has 20 heavy (non-hydrogen) atoms. The standard InChI is InChI=1S/C14H24N6/c1-3-5-6-7-9-15-12-11-10-17-20-13(11)19-14(18-12)16-8-4-2/h10H,3-9H2,1-2H3,(H3,15,16,17,18,19,20). The molecule has 2 aromatic heterocycles. The average molecular weight is 276 g/mol. The van der Waals surface area contributed by atoms with Crippen molar-refractivity contribution in [2.75, 3.05) is 23.7 Å². The van der Waals surface area contributed by atoms with Gasteiger partial charge >= 0.3 is 0 Å². The number of H-pyrrole nitrogens is 1. The predicted molar refractivity (Wildman–Crippen MR) is 83.1 cm³/mol. The highest BCUT2D eigenvalue weighted by Crippen LogP contribution is 2.20. The molecule has 2 aromatic rings. The SMILES string of the molecule is CCCCCCNc1nc(NCCC)nc2[nH]ncc12. The third-order valence-electron chi connectivity index (χ3n) is 3.17. The molecule has 6 heteroatoms. The number of rotatable bonds is 9. The number of fused-ring (bicyclic) bond motifs is 1. The van der Waals surface area contributed by atoms with Crippen LogP contribution in [0, 0.1) is 0 Å². The van der Waals surface area contributed by atoms with Gasteiger partial charge in [0.05, 0.1) is 11.6 Å². The van der Waals surface area contributed by atoms with Gasteiger partial charge in [-0.2, -0.15) is 15.1 Å². The first-order valence-corrected chi connectivity index (χ1v) is 7.54. The molecule has 0 aliphatic rings. The number of unbranched alkanes of at least 4 members (excludes halogenated alkanes) is 3. The van der Waals surface area contributed by atoms with Crippen molar-refractivity contribution in [1.29, 1.82) is 0 Å². The van der Waals surface area contributed by atoms with Gasteiger partial charge in [0.2, 0.25) is 5.95 Å². The molecular formula is C14H24N6. The molecule has 0 fully saturated rings. The van der Waals surface area contributed by atoms with Gasteiger partial charge in [0.15, 0.2) is 5.65 Å². The third kappa shape index (κ3) is 3.82. The quantitative estimate of drug-likeness (QED) is 0.613. The summed E-state index contributed by atoms with van der Waals surface area (Å²) in [6, 6.07) is 0. The number of anilines is 2. The Hall–Kier alpha value is -1.85. The second-order valence-corrected chi connectivity index (χ2v) is 4.94. The normalized spacial score (nSPS) is 10.9. The summed E-state index contributed by atoms with van der Waals surface area (Å²) in [4.78, 5) is 8.95. The van der Waals surface area contributed by atoms with Crippen molar-refractivity contribution in [3.8, 4) is 0 Å². The highest BCUT2D eigenvalue weighted by molar-refractivity contribution is 5.86. The summed E-state index contributed by atoms with van der Waals surface area (Å²) in [7, 11) is 0. The van der Waals surface area contributed by atoms with E-state index in [4.69, 9.17) is 0 Å². The summed E-state index contributed by atoms with van der Waals surface area (Å²) >= 11 is 0. The summed E-state index contributed by atoms with van der Waals surface area (Å²) in [5.41, 5.74) is 0.773. The molecule has 0 atom stereocenters. The van der Waals surface area contributed by atoms with Crippen LogP contribution >= 0.6 is 0 Å². The third-order valence-corrected chi connectivity index (χ3v) is 3.17. The second kappa shape index (κ2) is 7.67. The Bertz CT molecular complexity index is 521. The molecule has 0 aliphatic heterocycles. The Morgan fingerprint density at radius 2 is 1.90 bits per heavy atom. The monoisotopic (exact) mass is 276 g/mol. The van der Waals surface area contributed by atoms with Gasteiger partial charge in [-0.1, -0.05) is 33.1 Å². The summed E-state index contributed by atoms with van der Waals surface area (Å²) in [5, 5.41) is 14.5. The van der Waals surface area contributed by atoms with E-state index in [0.717, 1.165) is 42.8 Å². The van der Waals surface area contributed by atoms with Gasteiger partial charge in [0.25, 0.3) is 0 Å². The van der Waals surface area contributed by atoms with Crippen LogP contribution in [0.15, 0.2) is 6.20 Å². The topological polar surface area (TPSA) is 78.5 Å². The minimum Gasteiger partial charge on any atom is -0.369 e. The Morgan fingerprint density at radius 3 is 2.70 bits per heavy atom. The number of nitrogens with one attached hydrogen (secondary N) is 3. The van der Waals surface area contributed by atoms with E-state index in [0.29, 0.717) is 5.95 Å². The molecule has 0 spiro atoms. The second-order valence-electron chi connectivity index (χ2n) is 4.94. The van der Waals surface area contributed by atoms with Crippen molar-refractivity contribution in [3.63, 3.8) is 0 Å². The first kappa shape index (κ1) is 14.6. The Balaban J connectivity index is 2.03. The van der Waals surface area contributed by atoms with Crippen molar-refractivity contribution in [3.05, 3.63) is 6.20 Å². The first-order valence-electron chi connectivity index (χ1n) is 7.54. The Kier molecular flexibility index (Phi) is 5.58. The van der Waals surface area contributed by atoms with Crippen molar-refractivity contribution in [2.24, 2.45) is 0 Å². The fourth-order valence-electron chi connectivity index (χ4n) is 2.04. The van der Waals surface area contributed by atoms with Crippen LogP contribution in [0.1, 0.15) is 46.0 Å². The maximum atomic E-state index is 4.54. The van der Waals surface area contributed by atoms with E-state index in [1.54, 1.807) is 6.20 Å². The van der Waals surface area contributed by atoms with E-state index in [1.165, 1.54) is 19.3 Å². The maximum absolute atomic E-state index is 4.54. The van der Waals surface area contributed by atoms with E-state index < -0.39 is 0 Å². The minimum absolute atomic E-state index is 0.652. The van der Waals surface area contributed by atoms with Gasteiger partial charge < -0.3 is 10.6 Å². The molecule has 2 rings (SSSR count). The molecule has 3 N–H and O–H groups in total. The van der Waals surface area contributed by atoms with Crippen LogP contribution in [-0.2, 0) is 0 Å². The van der Waals surface area contributed by atoms with Crippen LogP contribution in [-0.4, -0.2) is 33.3 Å². The molecule has 0 bridgehead atoms. The fourth-order valence-corrected chi connectivity index (χ4v) is 2.04. The molecule has 6 nitrogen and oxygen atoms in total. The zero-order chi connectivity index (χ0) is 14.2. The lowest BCUT2D eigenvalue weighted by Gasteiger charge is -2.09. The molecule has 0 saturated heterocycles. The molecular weight excluding hydrogens is 252 g/mol. The van der Waals surface area contributed by atoms with Crippen LogP contribution < -0.4 is 10.6 Å². The molecule has 110 valence electrons. The molecule has 0 unspecified atom stereocenters. The lowest BCUT2D eigenvalue weighted by molar-refractivity contribution is 0.684. The molecule has 0 amide bonds. The lowest BCUT2D eigenvalue weighted by Crippen LogP contribution is -2.09. The van der Waals surface area contributed by atoms with Crippen LogP contribution in [0.2, 0.25) is 0 Å². The first-order chi connectivity index (χ1) is 9.85. The number of hydrogen-bond donors (Lipinski definition) is 3. The van der Waals surface area contributed by atoms with Crippen molar-refractivity contribution in [1.82, 2.24) is 20.2 Å². The Labute approximate surface area is 119 Å². The summed E-state index contributed by atoms with van der Waals surface area (Å²) in [5.74, 6) is 1.51. The molecule has 2 heterocycles.